The number of alkyl carbamates (subject to hydrolysis) is 1. The maximum absolute atomic E-state index is 14.0. The number of fused-ring (bicyclic) bond motifs is 6. The van der Waals surface area contributed by atoms with Crippen LogP contribution in [0.5, 0.6) is 0 Å². The van der Waals surface area contributed by atoms with Gasteiger partial charge in [0.2, 0.25) is 5.91 Å². The number of nitrogens with zero attached hydrogens (tertiary/aromatic N) is 3. The zero-order chi connectivity index (χ0) is 35.5. The van der Waals surface area contributed by atoms with Crippen molar-refractivity contribution >= 4 is 81.8 Å². The molecular weight excluding hydrogens is 761 g/mol. The van der Waals surface area contributed by atoms with Gasteiger partial charge in [-0.15, -0.1) is 37.2 Å². The van der Waals surface area contributed by atoms with Gasteiger partial charge < -0.3 is 35.0 Å². The van der Waals surface area contributed by atoms with E-state index in [1.54, 1.807) is 6.92 Å². The van der Waals surface area contributed by atoms with Gasteiger partial charge in [-0.1, -0.05) is 42.5 Å². The summed E-state index contributed by atoms with van der Waals surface area (Å²) >= 11 is 0. The summed E-state index contributed by atoms with van der Waals surface area (Å²) in [5, 5.41) is 10.9. The molecule has 2 amide bonds. The Labute approximate surface area is 338 Å². The second-order valence-electron chi connectivity index (χ2n) is 14.6. The zero-order valence-corrected chi connectivity index (χ0v) is 33.3. The first kappa shape index (κ1) is 40.3. The van der Waals surface area contributed by atoms with E-state index in [0.717, 1.165) is 93.5 Å². The molecule has 0 radical (unpaired) electrons. The number of H-pyrrole nitrogens is 2. The number of aromatic amines is 2. The van der Waals surface area contributed by atoms with E-state index < -0.39 is 18.2 Å². The molecule has 4 aromatic carbocycles. The average molecular weight is 807 g/mol. The number of carbonyl (C=O) groups excluding carboxylic acids is 2. The number of imidazole rings is 2. The SMILES string of the molecule is COC(=O)N[C@H](C(=O)N1[C@@H]2CC[C@@H](C2)[C@H]1c1ncc(-c2ccc3cc(-c4ccc5c(ccc6[nH]c([C@@H]7CCCN7)nc65)c4)ccc3c2)[nH]1)[C@@H](C)OC.Cl.Cl.Cl. The van der Waals surface area contributed by atoms with Crippen molar-refractivity contribution in [2.45, 2.75) is 69.3 Å². The molecule has 0 unspecified atom stereocenters. The van der Waals surface area contributed by atoms with Crippen molar-refractivity contribution in [3.63, 3.8) is 0 Å². The number of ether oxygens (including phenoxy) is 2. The van der Waals surface area contributed by atoms with Crippen LogP contribution < -0.4 is 10.6 Å². The van der Waals surface area contributed by atoms with E-state index in [4.69, 9.17) is 19.4 Å². The van der Waals surface area contributed by atoms with Crippen molar-refractivity contribution < 1.29 is 19.1 Å². The number of likely N-dealkylation sites (tertiary alicyclic amines) is 1. The van der Waals surface area contributed by atoms with Crippen LogP contribution in [0.4, 0.5) is 4.79 Å². The molecule has 0 spiro atoms. The Hall–Kier alpha value is -4.39. The van der Waals surface area contributed by atoms with Crippen molar-refractivity contribution in [2.75, 3.05) is 20.8 Å². The Bertz CT molecular complexity index is 2340. The normalized spacial score (nSPS) is 21.2. The van der Waals surface area contributed by atoms with E-state index in [2.05, 4.69) is 87.3 Å². The molecule has 3 fully saturated rings. The van der Waals surface area contributed by atoms with E-state index in [0.29, 0.717) is 12.0 Å². The van der Waals surface area contributed by atoms with Crippen LogP contribution in [0.15, 0.2) is 72.9 Å². The van der Waals surface area contributed by atoms with Gasteiger partial charge in [0, 0.05) is 24.1 Å². The fraction of sp³-hybridized carbons (Fsp3) is 0.366. The molecule has 55 heavy (non-hydrogen) atoms. The minimum absolute atomic E-state index is 0. The lowest BCUT2D eigenvalue weighted by molar-refractivity contribution is -0.141. The van der Waals surface area contributed by atoms with E-state index in [1.165, 1.54) is 26.0 Å². The lowest BCUT2D eigenvalue weighted by atomic mass is 9.96. The van der Waals surface area contributed by atoms with Gasteiger partial charge in [0.25, 0.3) is 0 Å². The number of nitrogens with one attached hydrogen (secondary N) is 4. The Balaban J connectivity index is 0.00000171. The number of piperidine rings is 1. The standard InChI is InChI=1S/C41H43N7O4.3ClH/c1-22(51-2)35(47-41(50)52-3)40(49)48-30-13-10-29(20-30)37(48)39-43-21-34(45-39)28-9-8-24-17-23(6-7-25(24)19-28)26-11-14-31-27(18-26)12-15-32-36(31)46-38(44-32)33-5-4-16-42-33;;;/h6-9,11-12,14-15,17-19,21-22,29-30,33,35,37,42H,4-5,10,13,16,20H2,1-3H3,(H,43,45)(H,44,46)(H,47,50);3*1H/t22-,29+,30-,33+,35+,37+;;;/m1.../s1. The summed E-state index contributed by atoms with van der Waals surface area (Å²) in [6.45, 7) is 2.82. The van der Waals surface area contributed by atoms with Crippen molar-refractivity contribution in [3.05, 3.63) is 84.6 Å². The molecule has 11 nitrogen and oxygen atoms in total. The Morgan fingerprint density at radius 3 is 2.29 bits per heavy atom. The Morgan fingerprint density at radius 1 is 0.855 bits per heavy atom. The molecule has 1 saturated carbocycles. The van der Waals surface area contributed by atoms with Crippen molar-refractivity contribution in [1.29, 1.82) is 0 Å². The highest BCUT2D eigenvalue weighted by Crippen LogP contribution is 2.50. The molecule has 9 rings (SSSR count). The molecule has 6 atom stereocenters. The third-order valence-electron chi connectivity index (χ3n) is 11.6. The van der Waals surface area contributed by atoms with Crippen molar-refractivity contribution in [1.82, 2.24) is 35.5 Å². The van der Waals surface area contributed by atoms with E-state index >= 15 is 0 Å². The number of aromatic nitrogens is 4. The highest BCUT2D eigenvalue weighted by atomic mass is 35.5. The number of amides is 2. The number of hydrogen-bond acceptors (Lipinski definition) is 7. The monoisotopic (exact) mass is 805 g/mol. The van der Waals surface area contributed by atoms with E-state index in [-0.39, 0.29) is 55.2 Å². The predicted octanol–water partition coefficient (Wildman–Crippen LogP) is 8.43. The maximum Gasteiger partial charge on any atom is 0.407 e. The quantitative estimate of drug-likeness (QED) is 0.121. The van der Waals surface area contributed by atoms with Crippen LogP contribution in [-0.4, -0.2) is 75.8 Å². The molecule has 2 aliphatic heterocycles. The van der Waals surface area contributed by atoms with Crippen LogP contribution in [0.1, 0.15) is 62.8 Å². The van der Waals surface area contributed by atoms with Crippen molar-refractivity contribution in [3.8, 4) is 22.4 Å². The average Bonchev–Trinajstić information content (AvgIpc) is 4.03. The van der Waals surface area contributed by atoms with Crippen LogP contribution in [-0.2, 0) is 14.3 Å². The molecule has 3 aliphatic rings. The first-order valence-electron chi connectivity index (χ1n) is 18.3. The smallest absolute Gasteiger partial charge is 0.407 e. The Morgan fingerprint density at radius 2 is 1.56 bits per heavy atom. The van der Waals surface area contributed by atoms with Gasteiger partial charge in [0.05, 0.1) is 48.2 Å². The minimum atomic E-state index is -0.867. The lowest BCUT2D eigenvalue weighted by Crippen LogP contribution is -2.56. The largest absolute Gasteiger partial charge is 0.453 e. The summed E-state index contributed by atoms with van der Waals surface area (Å²) < 4.78 is 10.3. The molecule has 14 heteroatoms. The minimum Gasteiger partial charge on any atom is -0.453 e. The first-order chi connectivity index (χ1) is 25.4. The predicted molar refractivity (Wildman–Crippen MR) is 222 cm³/mol. The maximum atomic E-state index is 14.0. The van der Waals surface area contributed by atoms with Gasteiger partial charge >= 0.3 is 6.09 Å². The zero-order valence-electron chi connectivity index (χ0n) is 30.8. The molecule has 4 N–H and O–H groups in total. The van der Waals surface area contributed by atoms with Gasteiger partial charge in [-0.2, -0.15) is 0 Å². The van der Waals surface area contributed by atoms with Crippen LogP contribution in [0.25, 0.3) is 55.0 Å². The summed E-state index contributed by atoms with van der Waals surface area (Å²) in [7, 11) is 2.82. The van der Waals surface area contributed by atoms with Gasteiger partial charge in [0.1, 0.15) is 17.7 Å². The molecule has 6 aromatic rings. The van der Waals surface area contributed by atoms with Crippen LogP contribution in [0.3, 0.4) is 0 Å². The second-order valence-corrected chi connectivity index (χ2v) is 14.6. The van der Waals surface area contributed by atoms with Crippen LogP contribution in [0, 0.1) is 5.92 Å². The Kier molecular flexibility index (Phi) is 12.0. The number of benzene rings is 4. The van der Waals surface area contributed by atoms with Gasteiger partial charge in [0.15, 0.2) is 0 Å². The molecule has 2 saturated heterocycles. The van der Waals surface area contributed by atoms with Gasteiger partial charge in [-0.25, -0.2) is 14.8 Å². The highest BCUT2D eigenvalue weighted by molar-refractivity contribution is 6.05. The van der Waals surface area contributed by atoms with Crippen molar-refractivity contribution in [2.24, 2.45) is 5.92 Å². The van der Waals surface area contributed by atoms with Gasteiger partial charge in [-0.3, -0.25) is 4.79 Å². The number of rotatable bonds is 8. The summed E-state index contributed by atoms with van der Waals surface area (Å²) in [6.07, 6.45) is 5.86. The van der Waals surface area contributed by atoms with Crippen LogP contribution in [0.2, 0.25) is 0 Å². The van der Waals surface area contributed by atoms with Gasteiger partial charge in [-0.05, 0) is 103 Å². The molecule has 2 bridgehead atoms. The van der Waals surface area contributed by atoms with Crippen LogP contribution >= 0.6 is 37.2 Å². The first-order valence-corrected chi connectivity index (χ1v) is 18.3. The van der Waals surface area contributed by atoms with E-state index in [1.807, 2.05) is 11.1 Å². The number of methoxy groups -OCH3 is 2. The summed E-state index contributed by atoms with van der Waals surface area (Å²) in [5.41, 5.74) is 6.36. The summed E-state index contributed by atoms with van der Waals surface area (Å²) in [4.78, 5) is 45.0. The molecule has 1 aliphatic carbocycles. The molecule has 290 valence electrons. The fourth-order valence-electron chi connectivity index (χ4n) is 8.83. The number of carbonyl (C=O) groups is 2. The molecule has 2 aromatic heterocycles. The molecular formula is C41H46Cl3N7O4. The number of halogens is 3. The molecule has 4 heterocycles. The lowest BCUT2D eigenvalue weighted by Gasteiger charge is -2.37. The summed E-state index contributed by atoms with van der Waals surface area (Å²) in [5.74, 6) is 1.92. The fourth-order valence-corrected chi connectivity index (χ4v) is 8.83. The third kappa shape index (κ3) is 7.24. The summed E-state index contributed by atoms with van der Waals surface area (Å²) in [6, 6.07) is 23.4. The highest BCUT2D eigenvalue weighted by Gasteiger charge is 2.52. The van der Waals surface area contributed by atoms with E-state index in [9.17, 15) is 9.59 Å². The number of hydrogen-bond donors (Lipinski definition) is 4. The second kappa shape index (κ2) is 16.4. The topological polar surface area (TPSA) is 137 Å². The third-order valence-corrected chi connectivity index (χ3v) is 11.6.